The Morgan fingerprint density at radius 1 is 0.930 bits per heavy atom. The molecule has 4 heterocycles. The maximum absolute atomic E-state index is 13.3. The third-order valence-electron chi connectivity index (χ3n) is 8.87. The van der Waals surface area contributed by atoms with E-state index < -0.39 is 6.04 Å². The van der Waals surface area contributed by atoms with E-state index in [-0.39, 0.29) is 30.6 Å². The predicted molar refractivity (Wildman–Crippen MR) is 175 cm³/mol. The summed E-state index contributed by atoms with van der Waals surface area (Å²) < 4.78 is 8.13. The van der Waals surface area contributed by atoms with Crippen LogP contribution in [0.2, 0.25) is 0 Å². The second-order valence-corrected chi connectivity index (χ2v) is 15.2. The topological polar surface area (TPSA) is 103 Å². The van der Waals surface area contributed by atoms with Crippen molar-refractivity contribution in [2.75, 3.05) is 63.1 Å². The molecule has 1 unspecified atom stereocenters. The minimum absolute atomic E-state index is 0.0707. The van der Waals surface area contributed by atoms with Crippen LogP contribution in [-0.4, -0.2) is 107 Å². The summed E-state index contributed by atoms with van der Waals surface area (Å²) in [6, 6.07) is 2.35. The van der Waals surface area contributed by atoms with E-state index in [0.717, 1.165) is 89.3 Å². The van der Waals surface area contributed by atoms with Crippen molar-refractivity contribution in [2.24, 2.45) is 0 Å². The molecular formula is C31H45N7O3S2. The fourth-order valence-electron chi connectivity index (χ4n) is 6.45. The van der Waals surface area contributed by atoms with Gasteiger partial charge in [0, 0.05) is 50.9 Å². The van der Waals surface area contributed by atoms with Crippen molar-refractivity contribution < 1.29 is 14.3 Å². The molecule has 2 saturated heterocycles. The van der Waals surface area contributed by atoms with Crippen LogP contribution in [0.15, 0.2) is 6.07 Å². The van der Waals surface area contributed by atoms with Gasteiger partial charge in [-0.2, -0.15) is 0 Å². The van der Waals surface area contributed by atoms with Crippen LogP contribution in [0.5, 0.6) is 0 Å². The van der Waals surface area contributed by atoms with E-state index in [1.54, 1.807) is 22.7 Å². The number of hydrogen-bond donors (Lipinski definition) is 2. The maximum atomic E-state index is 13.3. The van der Waals surface area contributed by atoms with Crippen LogP contribution in [0.4, 0.5) is 10.3 Å². The van der Waals surface area contributed by atoms with E-state index in [2.05, 4.69) is 21.6 Å². The van der Waals surface area contributed by atoms with Crippen molar-refractivity contribution in [3.8, 4) is 0 Å². The third kappa shape index (κ3) is 7.08. The van der Waals surface area contributed by atoms with Crippen LogP contribution in [0, 0.1) is 6.92 Å². The monoisotopic (exact) mass is 627 g/mol. The number of amides is 2. The molecule has 6 rings (SSSR count). The van der Waals surface area contributed by atoms with Crippen molar-refractivity contribution in [3.05, 3.63) is 11.6 Å². The number of benzene rings is 1. The highest BCUT2D eigenvalue weighted by atomic mass is 32.1. The van der Waals surface area contributed by atoms with Crippen LogP contribution in [0.25, 0.3) is 20.4 Å². The number of rotatable bonds is 9. The second kappa shape index (κ2) is 12.8. The number of carbonyl (C=O) groups excluding carboxylic acids is 2. The molecule has 12 heteroatoms. The van der Waals surface area contributed by atoms with Crippen LogP contribution in [-0.2, 0) is 14.3 Å². The zero-order chi connectivity index (χ0) is 30.1. The van der Waals surface area contributed by atoms with Gasteiger partial charge in [-0.3, -0.25) is 14.5 Å². The molecule has 1 saturated carbocycles. The van der Waals surface area contributed by atoms with E-state index in [4.69, 9.17) is 14.7 Å². The van der Waals surface area contributed by atoms with Gasteiger partial charge in [-0.25, -0.2) is 9.97 Å². The Hall–Kier alpha value is -2.54. The average Bonchev–Trinajstić information content (AvgIpc) is 3.80. The van der Waals surface area contributed by atoms with Crippen LogP contribution in [0.1, 0.15) is 64.9 Å². The van der Waals surface area contributed by atoms with Crippen molar-refractivity contribution >= 4 is 65.2 Å². The fraction of sp³-hybridized carbons (Fsp3) is 0.677. The summed E-state index contributed by atoms with van der Waals surface area (Å²) in [6.07, 6.45) is 7.39. The van der Waals surface area contributed by atoms with Crippen molar-refractivity contribution in [3.63, 3.8) is 0 Å². The minimum Gasteiger partial charge on any atom is -0.373 e. The Morgan fingerprint density at radius 2 is 1.56 bits per heavy atom. The highest BCUT2D eigenvalue weighted by molar-refractivity contribution is 7.24. The first-order chi connectivity index (χ1) is 20.6. The first-order valence-electron chi connectivity index (χ1n) is 15.8. The Bertz CT molecular complexity index is 1440. The molecule has 3 fully saturated rings. The molecule has 3 aliphatic rings. The van der Waals surface area contributed by atoms with Gasteiger partial charge in [0.2, 0.25) is 11.8 Å². The Morgan fingerprint density at radius 3 is 2.21 bits per heavy atom. The lowest BCUT2D eigenvalue weighted by Crippen LogP contribution is -2.52. The quantitative estimate of drug-likeness (QED) is 0.344. The predicted octanol–water partition coefficient (Wildman–Crippen LogP) is 4.93. The van der Waals surface area contributed by atoms with E-state index >= 15 is 0 Å². The highest BCUT2D eigenvalue weighted by Crippen LogP contribution is 2.37. The smallest absolute Gasteiger partial charge is 0.247 e. The summed E-state index contributed by atoms with van der Waals surface area (Å²) in [5, 5.41) is 8.16. The maximum Gasteiger partial charge on any atom is 0.247 e. The molecule has 3 aromatic rings. The Kier molecular flexibility index (Phi) is 9.09. The summed E-state index contributed by atoms with van der Waals surface area (Å²) in [5.41, 5.74) is 2.45. The van der Waals surface area contributed by atoms with Gasteiger partial charge in [0.1, 0.15) is 6.04 Å². The van der Waals surface area contributed by atoms with Gasteiger partial charge in [0.25, 0.3) is 0 Å². The molecular weight excluding hydrogens is 583 g/mol. The number of fused-ring (bicyclic) bond motifs is 2. The molecule has 1 aromatic carbocycles. The molecule has 2 aromatic heterocycles. The van der Waals surface area contributed by atoms with Gasteiger partial charge in [0.15, 0.2) is 10.3 Å². The van der Waals surface area contributed by atoms with Gasteiger partial charge in [-0.15, -0.1) is 0 Å². The van der Waals surface area contributed by atoms with Crippen LogP contribution < -0.4 is 10.6 Å². The van der Waals surface area contributed by atoms with Gasteiger partial charge < -0.3 is 25.2 Å². The number of anilines is 2. The van der Waals surface area contributed by atoms with Crippen LogP contribution in [0.3, 0.4) is 0 Å². The second-order valence-electron chi connectivity index (χ2n) is 13.1. The number of nitrogens with one attached hydrogen (secondary N) is 2. The van der Waals surface area contributed by atoms with Gasteiger partial charge in [-0.1, -0.05) is 35.5 Å². The SMILES string of the molecule is Cc1c2nc(NCC(=O)N3CCN(C4CCCC4)CC3)sc2cc2sc(NC(COC(C)(C)C)C(=O)N3CCCC3)nc12. The summed E-state index contributed by atoms with van der Waals surface area (Å²) in [4.78, 5) is 42.5. The number of aryl methyl sites for hydroxylation is 1. The van der Waals surface area contributed by atoms with Gasteiger partial charge in [0.05, 0.1) is 39.2 Å². The number of likely N-dealkylation sites (tertiary alicyclic amines) is 1. The summed E-state index contributed by atoms with van der Waals surface area (Å²) in [5.74, 6) is 0.204. The first kappa shape index (κ1) is 30.5. The van der Waals surface area contributed by atoms with E-state index in [9.17, 15) is 9.59 Å². The van der Waals surface area contributed by atoms with Gasteiger partial charge >= 0.3 is 0 Å². The van der Waals surface area contributed by atoms with Crippen molar-refractivity contribution in [1.82, 2.24) is 24.7 Å². The van der Waals surface area contributed by atoms with Crippen molar-refractivity contribution in [1.29, 1.82) is 0 Å². The summed E-state index contributed by atoms with van der Waals surface area (Å²) in [7, 11) is 0. The Labute approximate surface area is 262 Å². The first-order valence-corrected chi connectivity index (χ1v) is 17.4. The molecule has 2 aliphatic heterocycles. The van der Waals surface area contributed by atoms with Crippen molar-refractivity contribution in [2.45, 2.75) is 83.9 Å². The zero-order valence-electron chi connectivity index (χ0n) is 25.9. The van der Waals surface area contributed by atoms with Crippen LogP contribution >= 0.6 is 22.7 Å². The summed E-state index contributed by atoms with van der Waals surface area (Å²) >= 11 is 3.11. The largest absolute Gasteiger partial charge is 0.373 e. The minimum atomic E-state index is -0.489. The molecule has 2 amide bonds. The molecule has 2 N–H and O–H groups in total. The molecule has 0 bridgehead atoms. The number of ether oxygens (including phenoxy) is 1. The number of thiazole rings is 2. The van der Waals surface area contributed by atoms with Gasteiger partial charge in [-0.05, 0) is 59.4 Å². The lowest BCUT2D eigenvalue weighted by molar-refractivity contribution is -0.133. The number of nitrogens with zero attached hydrogens (tertiary/aromatic N) is 5. The number of hydrogen-bond acceptors (Lipinski definition) is 10. The van der Waals surface area contributed by atoms with E-state index in [1.165, 1.54) is 25.7 Å². The number of carbonyl (C=O) groups is 2. The molecule has 1 atom stereocenters. The molecule has 10 nitrogen and oxygen atoms in total. The zero-order valence-corrected chi connectivity index (χ0v) is 27.5. The molecule has 0 spiro atoms. The lowest BCUT2D eigenvalue weighted by Gasteiger charge is -2.38. The standard InChI is InChI=1S/C31H45N7O3S2/c1-20-26-23(42-29(34-26)32-18-25(39)37-15-13-36(14-16-37)21-9-5-6-10-21)17-24-27(20)35-30(43-24)33-22(19-41-31(2,3)4)28(40)38-11-7-8-12-38/h17,21-22H,5-16,18-19H2,1-4H3,(H,32,34)(H,33,35). The molecule has 1 aliphatic carbocycles. The Balaban J connectivity index is 1.10. The summed E-state index contributed by atoms with van der Waals surface area (Å²) in [6.45, 7) is 13.8. The molecule has 0 radical (unpaired) electrons. The molecule has 234 valence electrons. The molecule has 43 heavy (non-hydrogen) atoms. The number of aromatic nitrogens is 2. The lowest BCUT2D eigenvalue weighted by atomic mass is 10.2. The normalized spacial score (nSPS) is 19.5. The average molecular weight is 628 g/mol. The number of piperazine rings is 1. The van der Waals surface area contributed by atoms with E-state index in [0.29, 0.717) is 5.13 Å². The van der Waals surface area contributed by atoms with E-state index in [1.807, 2.05) is 37.5 Å². The highest BCUT2D eigenvalue weighted by Gasteiger charge is 2.30. The fourth-order valence-corrected chi connectivity index (χ4v) is 8.50. The third-order valence-corrected chi connectivity index (χ3v) is 10.8.